The van der Waals surface area contributed by atoms with Crippen LogP contribution in [0.5, 0.6) is 11.5 Å². The summed E-state index contributed by atoms with van der Waals surface area (Å²) in [6.45, 7) is 7.05. The fraction of sp³-hybridized carbons (Fsp3) is 0.406. The van der Waals surface area contributed by atoms with E-state index in [0.29, 0.717) is 73.7 Å². The summed E-state index contributed by atoms with van der Waals surface area (Å²) in [4.78, 5) is 23.2. The number of hydrogen-bond acceptors (Lipinski definition) is 13. The van der Waals surface area contributed by atoms with Gasteiger partial charge in [-0.15, -0.1) is 11.3 Å². The molecule has 2 aliphatic rings. The predicted octanol–water partition coefficient (Wildman–Crippen LogP) is 6.08. The number of ether oxygens (including phenoxy) is 6. The summed E-state index contributed by atoms with van der Waals surface area (Å²) in [5.74, 6) is 1.64. The number of amides is 1. The quantitative estimate of drug-likeness (QED) is 0.217. The third-order valence-corrected chi connectivity index (χ3v) is 10.6. The highest BCUT2D eigenvalue weighted by Gasteiger charge is 2.23. The molecule has 3 aromatic heterocycles. The molecule has 46 heavy (non-hydrogen) atoms. The lowest BCUT2D eigenvalue weighted by Crippen LogP contribution is -2.10. The average Bonchev–Trinajstić information content (AvgIpc) is 3.64. The minimum Gasteiger partial charge on any atom is -0.494 e. The summed E-state index contributed by atoms with van der Waals surface area (Å²) < 4.78 is 35.3. The molecule has 5 heterocycles. The van der Waals surface area contributed by atoms with Gasteiger partial charge in [0.05, 0.1) is 81.4 Å². The molecule has 7 rings (SSSR count). The van der Waals surface area contributed by atoms with E-state index in [1.54, 1.807) is 14.2 Å². The number of thiazole rings is 2. The first-order valence-electron chi connectivity index (χ1n) is 14.8. The summed E-state index contributed by atoms with van der Waals surface area (Å²) in [5.41, 5.74) is 9.69. The van der Waals surface area contributed by atoms with E-state index >= 15 is 0 Å². The van der Waals surface area contributed by atoms with E-state index in [-0.39, 0.29) is 17.7 Å². The van der Waals surface area contributed by atoms with Gasteiger partial charge in [-0.3, -0.25) is 10.1 Å². The van der Waals surface area contributed by atoms with Crippen LogP contribution in [0.3, 0.4) is 0 Å². The molecule has 14 heteroatoms. The lowest BCUT2D eigenvalue weighted by molar-refractivity contribution is 0.103. The van der Waals surface area contributed by atoms with Crippen LogP contribution in [-0.4, -0.2) is 82.9 Å². The number of anilines is 2. The van der Waals surface area contributed by atoms with Crippen LogP contribution >= 0.6 is 34.0 Å². The number of carbonyl (C=O) groups excluding carboxylic acids is 1. The number of methoxy groups -OCH3 is 2. The molecule has 0 unspecified atom stereocenters. The zero-order chi connectivity index (χ0) is 32.0. The fourth-order valence-electron chi connectivity index (χ4n) is 5.36. The van der Waals surface area contributed by atoms with Crippen molar-refractivity contribution in [1.29, 1.82) is 0 Å². The molecule has 244 valence electrons. The van der Waals surface area contributed by atoms with Crippen LogP contribution in [-0.2, 0) is 18.9 Å². The van der Waals surface area contributed by atoms with Crippen molar-refractivity contribution in [2.45, 2.75) is 18.8 Å². The molecule has 3 N–H and O–H groups in total. The van der Waals surface area contributed by atoms with Crippen molar-refractivity contribution < 1.29 is 33.2 Å². The van der Waals surface area contributed by atoms with Crippen LogP contribution in [0.15, 0.2) is 36.4 Å². The van der Waals surface area contributed by atoms with Crippen molar-refractivity contribution in [3.05, 3.63) is 57.3 Å². The maximum atomic E-state index is 12.5. The van der Waals surface area contributed by atoms with E-state index in [1.807, 2.05) is 37.3 Å². The van der Waals surface area contributed by atoms with Gasteiger partial charge in [0.15, 0.2) is 10.3 Å². The predicted molar refractivity (Wildman–Crippen MR) is 183 cm³/mol. The normalized spacial score (nSPS) is 16.4. The Morgan fingerprint density at radius 3 is 1.78 bits per heavy atom. The first-order valence-corrected chi connectivity index (χ1v) is 17.3. The molecule has 2 fully saturated rings. The second-order valence-electron chi connectivity index (χ2n) is 10.7. The molecule has 2 saturated heterocycles. The molecule has 1 amide bonds. The molecule has 0 aliphatic carbocycles. The number of thiophene rings is 1. The Labute approximate surface area is 278 Å². The van der Waals surface area contributed by atoms with E-state index in [1.165, 1.54) is 39.6 Å². The summed E-state index contributed by atoms with van der Waals surface area (Å²) in [6, 6.07) is 11.7. The van der Waals surface area contributed by atoms with Crippen molar-refractivity contribution in [3.8, 4) is 11.5 Å². The van der Waals surface area contributed by atoms with Gasteiger partial charge in [0, 0.05) is 16.7 Å². The van der Waals surface area contributed by atoms with Crippen molar-refractivity contribution in [2.24, 2.45) is 0 Å². The minimum absolute atomic E-state index is 0.129. The maximum Gasteiger partial charge on any atom is 0.267 e. The highest BCUT2D eigenvalue weighted by molar-refractivity contribution is 7.23. The number of nitrogens with zero attached hydrogens (tertiary/aromatic N) is 2. The first kappa shape index (κ1) is 32.6. The number of nitrogens with two attached hydrogens (primary N) is 1. The van der Waals surface area contributed by atoms with Gasteiger partial charge >= 0.3 is 0 Å². The fourth-order valence-corrected chi connectivity index (χ4v) is 8.13. The Kier molecular flexibility index (Phi) is 10.6. The molecule has 0 bridgehead atoms. The van der Waals surface area contributed by atoms with Crippen LogP contribution in [0.2, 0.25) is 0 Å². The average molecular weight is 685 g/mol. The Morgan fingerprint density at radius 1 is 0.761 bits per heavy atom. The van der Waals surface area contributed by atoms with Gasteiger partial charge in [0.1, 0.15) is 22.5 Å². The second kappa shape index (κ2) is 15.0. The number of nitrogens with one attached hydrogen (secondary N) is 1. The van der Waals surface area contributed by atoms with E-state index < -0.39 is 0 Å². The summed E-state index contributed by atoms with van der Waals surface area (Å²) in [7, 11) is 3.26. The number of nitrogen functional groups attached to an aromatic ring is 1. The highest BCUT2D eigenvalue weighted by Crippen LogP contribution is 2.39. The Hall–Kier alpha value is -3.37. The van der Waals surface area contributed by atoms with Gasteiger partial charge < -0.3 is 34.2 Å². The third-order valence-electron chi connectivity index (χ3n) is 7.61. The third kappa shape index (κ3) is 7.28. The zero-order valence-corrected chi connectivity index (χ0v) is 28.3. The van der Waals surface area contributed by atoms with E-state index in [4.69, 9.17) is 34.2 Å². The number of benzene rings is 2. The smallest absolute Gasteiger partial charge is 0.267 e. The number of aromatic nitrogens is 2. The monoisotopic (exact) mass is 684 g/mol. The minimum atomic E-state index is -0.145. The molecule has 11 nitrogen and oxygen atoms in total. The molecule has 2 aromatic carbocycles. The highest BCUT2D eigenvalue weighted by atomic mass is 32.1. The Bertz CT molecular complexity index is 1790. The molecule has 0 spiro atoms. The Balaban J connectivity index is 0.000000172. The lowest BCUT2D eigenvalue weighted by atomic mass is 10.0. The van der Waals surface area contributed by atoms with Gasteiger partial charge in [-0.05, 0) is 42.3 Å². The second-order valence-corrected chi connectivity index (χ2v) is 14.0. The van der Waals surface area contributed by atoms with Crippen LogP contribution in [0, 0.1) is 6.92 Å². The standard InChI is InChI=1S/C19H20N2O4S2.C13H16N2O3S/c1-11-3-6-15(26-11)18(22)21-19-20-16-14(23-2)5-4-13(17(16)27-19)12-9-24-7-8-25-10-12;1-16-10-3-2-9(8-6-17-4-5-18-7-8)12-11(10)15-13(14)19-12/h3-6,12H,7-10H2,1-2H3,(H,20,21,22);2-3,8H,4-7H2,1H3,(H2,14,15). The zero-order valence-electron chi connectivity index (χ0n) is 25.8. The summed E-state index contributed by atoms with van der Waals surface area (Å²) >= 11 is 4.40. The van der Waals surface area contributed by atoms with Gasteiger partial charge in [-0.1, -0.05) is 34.8 Å². The van der Waals surface area contributed by atoms with Gasteiger partial charge in [-0.2, -0.15) is 0 Å². The summed E-state index contributed by atoms with van der Waals surface area (Å²) in [6.07, 6.45) is 0. The van der Waals surface area contributed by atoms with Crippen LogP contribution in [0.4, 0.5) is 10.3 Å². The van der Waals surface area contributed by atoms with E-state index in [2.05, 4.69) is 21.4 Å². The largest absolute Gasteiger partial charge is 0.494 e. The number of aryl methyl sites for hydroxylation is 1. The molecule has 0 atom stereocenters. The van der Waals surface area contributed by atoms with Crippen LogP contribution < -0.4 is 20.5 Å². The molecule has 0 radical (unpaired) electrons. The maximum absolute atomic E-state index is 12.5. The molecular weight excluding hydrogens is 649 g/mol. The topological polar surface area (TPSA) is 136 Å². The van der Waals surface area contributed by atoms with Crippen molar-refractivity contribution in [1.82, 2.24) is 9.97 Å². The number of rotatable bonds is 6. The van der Waals surface area contributed by atoms with Crippen molar-refractivity contribution in [3.63, 3.8) is 0 Å². The Morgan fingerprint density at radius 2 is 1.28 bits per heavy atom. The number of fused-ring (bicyclic) bond motifs is 2. The lowest BCUT2D eigenvalue weighted by Gasteiger charge is -2.15. The van der Waals surface area contributed by atoms with Gasteiger partial charge in [-0.25, -0.2) is 9.97 Å². The van der Waals surface area contributed by atoms with Crippen LogP contribution in [0.25, 0.3) is 20.4 Å². The van der Waals surface area contributed by atoms with Gasteiger partial charge in [0.25, 0.3) is 5.91 Å². The van der Waals surface area contributed by atoms with Crippen molar-refractivity contribution in [2.75, 3.05) is 78.1 Å². The number of hydrogen-bond donors (Lipinski definition) is 2. The molecule has 5 aromatic rings. The molecular formula is C32H36N4O7S3. The van der Waals surface area contributed by atoms with E-state index in [0.717, 1.165) is 36.6 Å². The first-order chi connectivity index (χ1) is 22.4. The van der Waals surface area contributed by atoms with Crippen molar-refractivity contribution >= 4 is 70.6 Å². The SMILES string of the molecule is COc1ccc(C2COCCOC2)c2sc(N)nc12.COc1ccc(C2COCCOC2)c2sc(NC(=O)c3ccc(C)s3)nc12. The van der Waals surface area contributed by atoms with Gasteiger partial charge in [0.2, 0.25) is 0 Å². The number of carbonyl (C=O) groups is 1. The molecule has 2 aliphatic heterocycles. The summed E-state index contributed by atoms with van der Waals surface area (Å²) in [5, 5.41) is 4.03. The van der Waals surface area contributed by atoms with E-state index in [9.17, 15) is 4.79 Å². The molecule has 0 saturated carbocycles. The van der Waals surface area contributed by atoms with Crippen LogP contribution in [0.1, 0.15) is 37.5 Å².